The monoisotopic (exact) mass is 376 g/mol. The molecule has 0 radical (unpaired) electrons. The number of aromatic nitrogens is 1. The van der Waals surface area contributed by atoms with Crippen molar-refractivity contribution in [2.24, 2.45) is 0 Å². The van der Waals surface area contributed by atoms with E-state index in [2.05, 4.69) is 15.0 Å². The molecule has 0 atom stereocenters. The highest BCUT2D eigenvalue weighted by Gasteiger charge is 2.16. The van der Waals surface area contributed by atoms with Crippen LogP contribution in [0.25, 0.3) is 10.4 Å². The normalized spacial score (nSPS) is 10.6. The fourth-order valence-corrected chi connectivity index (χ4v) is 3.06. The predicted molar refractivity (Wildman–Crippen MR) is 95.1 cm³/mol. The standard InChI is InChI=1S/C18H14F2N2O3S/c1-24-13-8-7-12(9-14(13)25-17(19)20)16(23)22-18-21-10-15(26-18)11-5-3-2-4-6-11/h2-10,17H,1H3,(H,21,22,23). The smallest absolute Gasteiger partial charge is 0.387 e. The largest absolute Gasteiger partial charge is 0.493 e. The topological polar surface area (TPSA) is 60.5 Å². The molecule has 2 aromatic carbocycles. The molecule has 0 fully saturated rings. The van der Waals surface area contributed by atoms with Crippen molar-refractivity contribution < 1.29 is 23.0 Å². The summed E-state index contributed by atoms with van der Waals surface area (Å²) < 4.78 is 34.3. The van der Waals surface area contributed by atoms with Crippen LogP contribution < -0.4 is 14.8 Å². The number of rotatable bonds is 6. The average molecular weight is 376 g/mol. The lowest BCUT2D eigenvalue weighted by Gasteiger charge is -2.11. The van der Waals surface area contributed by atoms with E-state index in [4.69, 9.17) is 4.74 Å². The first-order chi connectivity index (χ1) is 12.6. The third-order valence-corrected chi connectivity index (χ3v) is 4.39. The van der Waals surface area contributed by atoms with Crippen molar-refractivity contribution in [3.8, 4) is 21.9 Å². The summed E-state index contributed by atoms with van der Waals surface area (Å²) >= 11 is 1.31. The van der Waals surface area contributed by atoms with Crippen LogP contribution in [-0.4, -0.2) is 24.6 Å². The molecule has 1 aromatic heterocycles. The predicted octanol–water partition coefficient (Wildman–Crippen LogP) is 4.67. The number of hydrogen-bond acceptors (Lipinski definition) is 5. The summed E-state index contributed by atoms with van der Waals surface area (Å²) in [5.41, 5.74) is 1.14. The highest BCUT2D eigenvalue weighted by Crippen LogP contribution is 2.31. The average Bonchev–Trinajstić information content (AvgIpc) is 3.10. The number of carbonyl (C=O) groups is 1. The van der Waals surface area contributed by atoms with E-state index >= 15 is 0 Å². The molecular formula is C18H14F2N2O3S. The molecule has 0 spiro atoms. The summed E-state index contributed by atoms with van der Waals surface area (Å²) in [5, 5.41) is 3.05. The van der Waals surface area contributed by atoms with Gasteiger partial charge in [0.05, 0.1) is 12.0 Å². The van der Waals surface area contributed by atoms with Gasteiger partial charge < -0.3 is 9.47 Å². The number of nitrogens with zero attached hydrogens (tertiary/aromatic N) is 1. The number of nitrogens with one attached hydrogen (secondary N) is 1. The second kappa shape index (κ2) is 7.92. The fraction of sp³-hybridized carbons (Fsp3) is 0.111. The van der Waals surface area contributed by atoms with Gasteiger partial charge >= 0.3 is 6.61 Å². The molecule has 0 bridgehead atoms. The molecule has 5 nitrogen and oxygen atoms in total. The molecule has 26 heavy (non-hydrogen) atoms. The minimum Gasteiger partial charge on any atom is -0.493 e. The van der Waals surface area contributed by atoms with Gasteiger partial charge in [-0.25, -0.2) is 4.98 Å². The van der Waals surface area contributed by atoms with E-state index in [1.165, 1.54) is 36.6 Å². The van der Waals surface area contributed by atoms with Gasteiger partial charge in [-0.15, -0.1) is 0 Å². The second-order valence-electron chi connectivity index (χ2n) is 5.09. The van der Waals surface area contributed by atoms with Crippen molar-refractivity contribution >= 4 is 22.4 Å². The minimum atomic E-state index is -3.02. The number of carbonyl (C=O) groups excluding carboxylic acids is 1. The maximum atomic E-state index is 12.5. The Morgan fingerprint density at radius 3 is 2.62 bits per heavy atom. The van der Waals surface area contributed by atoms with Crippen molar-refractivity contribution in [3.05, 3.63) is 60.3 Å². The fourth-order valence-electron chi connectivity index (χ4n) is 2.24. The van der Waals surface area contributed by atoms with Crippen LogP contribution in [0.15, 0.2) is 54.7 Å². The number of thiazole rings is 1. The zero-order chi connectivity index (χ0) is 18.5. The minimum absolute atomic E-state index is 0.113. The van der Waals surface area contributed by atoms with Crippen LogP contribution in [0.2, 0.25) is 0 Å². The van der Waals surface area contributed by atoms with Gasteiger partial charge in [-0.3, -0.25) is 10.1 Å². The molecule has 1 amide bonds. The number of hydrogen-bond donors (Lipinski definition) is 1. The van der Waals surface area contributed by atoms with Crippen LogP contribution in [-0.2, 0) is 0 Å². The van der Waals surface area contributed by atoms with Crippen molar-refractivity contribution in [2.75, 3.05) is 12.4 Å². The summed E-state index contributed by atoms with van der Waals surface area (Å²) in [5.74, 6) is -0.581. The Morgan fingerprint density at radius 1 is 1.15 bits per heavy atom. The highest BCUT2D eigenvalue weighted by molar-refractivity contribution is 7.19. The van der Waals surface area contributed by atoms with Crippen molar-refractivity contribution in [2.45, 2.75) is 6.61 Å². The number of halogens is 2. The Balaban J connectivity index is 1.77. The van der Waals surface area contributed by atoms with Gasteiger partial charge in [0.1, 0.15) is 0 Å². The SMILES string of the molecule is COc1ccc(C(=O)Nc2ncc(-c3ccccc3)s2)cc1OC(F)F. The van der Waals surface area contributed by atoms with Gasteiger partial charge in [0.15, 0.2) is 16.6 Å². The molecule has 3 rings (SSSR count). The zero-order valence-corrected chi connectivity index (χ0v) is 14.4. The van der Waals surface area contributed by atoms with Crippen molar-refractivity contribution in [1.29, 1.82) is 0 Å². The molecule has 3 aromatic rings. The number of methoxy groups -OCH3 is 1. The van der Waals surface area contributed by atoms with E-state index in [0.29, 0.717) is 5.13 Å². The van der Waals surface area contributed by atoms with Crippen LogP contribution in [0.5, 0.6) is 11.5 Å². The second-order valence-corrected chi connectivity index (χ2v) is 6.12. The van der Waals surface area contributed by atoms with E-state index in [1.807, 2.05) is 30.3 Å². The lowest BCUT2D eigenvalue weighted by Crippen LogP contribution is -2.12. The zero-order valence-electron chi connectivity index (χ0n) is 13.6. The molecule has 1 N–H and O–H groups in total. The van der Waals surface area contributed by atoms with Crippen LogP contribution in [0.4, 0.5) is 13.9 Å². The summed E-state index contributed by atoms with van der Waals surface area (Å²) in [6, 6.07) is 13.7. The Kier molecular flexibility index (Phi) is 5.43. The van der Waals surface area contributed by atoms with Crippen LogP contribution >= 0.6 is 11.3 Å². The first-order valence-electron chi connectivity index (χ1n) is 7.52. The van der Waals surface area contributed by atoms with Gasteiger partial charge in [-0.1, -0.05) is 41.7 Å². The molecule has 134 valence electrons. The summed E-state index contributed by atoms with van der Waals surface area (Å²) in [7, 11) is 1.33. The van der Waals surface area contributed by atoms with Crippen LogP contribution in [0.1, 0.15) is 10.4 Å². The Labute approximate surface area is 152 Å². The third kappa shape index (κ3) is 4.15. The van der Waals surface area contributed by atoms with E-state index in [-0.39, 0.29) is 17.1 Å². The number of benzene rings is 2. The van der Waals surface area contributed by atoms with E-state index in [1.54, 1.807) is 6.20 Å². The first-order valence-corrected chi connectivity index (χ1v) is 8.34. The van der Waals surface area contributed by atoms with Gasteiger partial charge in [0.25, 0.3) is 5.91 Å². The van der Waals surface area contributed by atoms with E-state index < -0.39 is 12.5 Å². The number of amides is 1. The number of anilines is 1. The molecular weight excluding hydrogens is 362 g/mol. The molecule has 0 aliphatic heterocycles. The van der Waals surface area contributed by atoms with Crippen LogP contribution in [0.3, 0.4) is 0 Å². The van der Waals surface area contributed by atoms with Gasteiger partial charge in [0, 0.05) is 11.8 Å². The summed E-state index contributed by atoms with van der Waals surface area (Å²) in [6.07, 6.45) is 1.66. The summed E-state index contributed by atoms with van der Waals surface area (Å²) in [6.45, 7) is -3.02. The highest BCUT2D eigenvalue weighted by atomic mass is 32.1. The van der Waals surface area contributed by atoms with Gasteiger partial charge in [-0.05, 0) is 23.8 Å². The molecule has 0 unspecified atom stereocenters. The molecule has 0 aliphatic carbocycles. The molecule has 1 heterocycles. The molecule has 0 saturated carbocycles. The molecule has 8 heteroatoms. The Bertz CT molecular complexity index is 900. The van der Waals surface area contributed by atoms with E-state index in [0.717, 1.165) is 10.4 Å². The Morgan fingerprint density at radius 2 is 1.92 bits per heavy atom. The van der Waals surface area contributed by atoms with Crippen molar-refractivity contribution in [1.82, 2.24) is 4.98 Å². The lowest BCUT2D eigenvalue weighted by atomic mass is 10.2. The quantitative estimate of drug-likeness (QED) is 0.679. The summed E-state index contributed by atoms with van der Waals surface area (Å²) in [4.78, 5) is 17.4. The van der Waals surface area contributed by atoms with Gasteiger partial charge in [-0.2, -0.15) is 8.78 Å². The third-order valence-electron chi connectivity index (χ3n) is 3.43. The van der Waals surface area contributed by atoms with Crippen molar-refractivity contribution in [3.63, 3.8) is 0 Å². The van der Waals surface area contributed by atoms with Crippen LogP contribution in [0, 0.1) is 0 Å². The van der Waals surface area contributed by atoms with Gasteiger partial charge in [0.2, 0.25) is 0 Å². The molecule has 0 aliphatic rings. The first kappa shape index (κ1) is 17.8. The number of alkyl halides is 2. The number of ether oxygens (including phenoxy) is 2. The Hall–Kier alpha value is -3.00. The molecule has 0 saturated heterocycles. The maximum absolute atomic E-state index is 12.5. The van der Waals surface area contributed by atoms with E-state index in [9.17, 15) is 13.6 Å². The lowest BCUT2D eigenvalue weighted by molar-refractivity contribution is -0.0512. The maximum Gasteiger partial charge on any atom is 0.387 e.